The van der Waals surface area contributed by atoms with Gasteiger partial charge in [-0.05, 0) is 102 Å². The number of para-hydroxylation sites is 1. The van der Waals surface area contributed by atoms with Crippen molar-refractivity contribution >= 4 is 6.09 Å². The van der Waals surface area contributed by atoms with Crippen LogP contribution in [0.3, 0.4) is 0 Å². The Morgan fingerprint density at radius 3 is 2.44 bits per heavy atom. The maximum atomic E-state index is 12.1. The minimum atomic E-state index is -0.482. The van der Waals surface area contributed by atoms with Crippen molar-refractivity contribution in [3.63, 3.8) is 0 Å². The van der Waals surface area contributed by atoms with E-state index in [1.54, 1.807) is 7.11 Å². The monoisotopic (exact) mass is 495 g/mol. The molecule has 0 spiro atoms. The van der Waals surface area contributed by atoms with Gasteiger partial charge in [0.25, 0.3) is 0 Å². The molecule has 0 aromatic heterocycles. The number of likely N-dealkylation sites (tertiary alicyclic amines) is 1. The molecule has 6 nitrogen and oxygen atoms in total. The third-order valence-corrected chi connectivity index (χ3v) is 6.87. The van der Waals surface area contributed by atoms with Gasteiger partial charge in [-0.25, -0.2) is 4.79 Å². The van der Waals surface area contributed by atoms with E-state index in [4.69, 9.17) is 9.47 Å². The molecular formula is C30H45N3O3. The lowest BCUT2D eigenvalue weighted by molar-refractivity contribution is 0.0521. The molecule has 0 saturated carbocycles. The van der Waals surface area contributed by atoms with Crippen molar-refractivity contribution in [1.29, 1.82) is 0 Å². The predicted octanol–water partition coefficient (Wildman–Crippen LogP) is 5.60. The number of rotatable bonds is 11. The average Bonchev–Trinajstić information content (AvgIpc) is 2.84. The van der Waals surface area contributed by atoms with Gasteiger partial charge in [-0.1, -0.05) is 42.5 Å². The van der Waals surface area contributed by atoms with Crippen molar-refractivity contribution in [3.05, 3.63) is 65.2 Å². The third kappa shape index (κ3) is 9.14. The Labute approximate surface area is 218 Å². The second kappa shape index (κ2) is 13.7. The van der Waals surface area contributed by atoms with Crippen molar-refractivity contribution < 1.29 is 14.3 Å². The Balaban J connectivity index is 1.47. The van der Waals surface area contributed by atoms with Crippen LogP contribution in [0, 0.1) is 6.92 Å². The quantitative estimate of drug-likeness (QED) is 0.440. The standard InChI is InChI=1S/C30H45N3O3/c1-24-11-6-7-12-26(24)23-33(22-17-31-29(34)36-30(2,3)4)19-10-18-32-20-15-25(16-21-32)27-13-8-9-14-28(27)35-5/h6-9,11-14,25H,10,15-23H2,1-5H3,(H,31,34). The van der Waals surface area contributed by atoms with Crippen LogP contribution in [0.1, 0.15) is 62.6 Å². The van der Waals surface area contributed by atoms with Crippen LogP contribution >= 0.6 is 0 Å². The molecule has 6 heteroatoms. The molecule has 3 rings (SSSR count). The first-order valence-corrected chi connectivity index (χ1v) is 13.3. The first kappa shape index (κ1) is 28.0. The molecule has 1 saturated heterocycles. The summed E-state index contributed by atoms with van der Waals surface area (Å²) < 4.78 is 11.0. The van der Waals surface area contributed by atoms with Gasteiger partial charge in [0.1, 0.15) is 11.4 Å². The topological polar surface area (TPSA) is 54.0 Å². The zero-order valence-corrected chi connectivity index (χ0v) is 22.9. The maximum Gasteiger partial charge on any atom is 0.407 e. The Kier molecular flexibility index (Phi) is 10.6. The zero-order valence-electron chi connectivity index (χ0n) is 22.9. The Bertz CT molecular complexity index is 948. The van der Waals surface area contributed by atoms with Gasteiger partial charge in [-0.3, -0.25) is 4.90 Å². The fourth-order valence-corrected chi connectivity index (χ4v) is 4.92. The lowest BCUT2D eigenvalue weighted by Gasteiger charge is -2.33. The Morgan fingerprint density at radius 1 is 1.06 bits per heavy atom. The minimum absolute atomic E-state index is 0.351. The Morgan fingerprint density at radius 2 is 1.75 bits per heavy atom. The molecule has 1 fully saturated rings. The molecule has 0 bridgehead atoms. The van der Waals surface area contributed by atoms with Gasteiger partial charge in [-0.2, -0.15) is 0 Å². The summed E-state index contributed by atoms with van der Waals surface area (Å²) in [6, 6.07) is 17.0. The van der Waals surface area contributed by atoms with Crippen LogP contribution in [0.15, 0.2) is 48.5 Å². The number of piperidine rings is 1. The molecule has 0 radical (unpaired) electrons. The van der Waals surface area contributed by atoms with Crippen molar-refractivity contribution in [2.24, 2.45) is 0 Å². The number of hydrogen-bond donors (Lipinski definition) is 1. The summed E-state index contributed by atoms with van der Waals surface area (Å²) in [5.41, 5.74) is 3.51. The van der Waals surface area contributed by atoms with E-state index < -0.39 is 5.60 Å². The minimum Gasteiger partial charge on any atom is -0.496 e. The molecule has 0 unspecified atom stereocenters. The molecule has 198 valence electrons. The number of aryl methyl sites for hydroxylation is 1. The van der Waals surface area contributed by atoms with Crippen LogP contribution < -0.4 is 10.1 Å². The molecule has 36 heavy (non-hydrogen) atoms. The van der Waals surface area contributed by atoms with Crippen molar-refractivity contribution in [2.45, 2.75) is 65.0 Å². The van der Waals surface area contributed by atoms with Gasteiger partial charge < -0.3 is 19.7 Å². The number of nitrogens with one attached hydrogen (secondary N) is 1. The number of benzene rings is 2. The summed E-state index contributed by atoms with van der Waals surface area (Å²) in [6.45, 7) is 14.4. The normalized spacial score (nSPS) is 15.2. The van der Waals surface area contributed by atoms with Gasteiger partial charge >= 0.3 is 6.09 Å². The van der Waals surface area contributed by atoms with Gasteiger partial charge in [0.05, 0.1) is 7.11 Å². The average molecular weight is 496 g/mol. The number of ether oxygens (including phenoxy) is 2. The van der Waals surface area contributed by atoms with E-state index in [0.717, 1.165) is 51.4 Å². The number of amides is 1. The number of nitrogens with zero attached hydrogens (tertiary/aromatic N) is 2. The second-order valence-electron chi connectivity index (χ2n) is 10.8. The fourth-order valence-electron chi connectivity index (χ4n) is 4.92. The van der Waals surface area contributed by atoms with Crippen LogP contribution in [0.5, 0.6) is 5.75 Å². The first-order chi connectivity index (χ1) is 17.2. The molecule has 0 aliphatic carbocycles. The predicted molar refractivity (Wildman–Crippen MR) is 147 cm³/mol. The summed E-state index contributed by atoms with van der Waals surface area (Å²) in [6.07, 6.45) is 3.11. The molecule has 2 aromatic carbocycles. The van der Waals surface area contributed by atoms with Crippen LogP contribution in [-0.4, -0.2) is 67.9 Å². The van der Waals surface area contributed by atoms with Crippen molar-refractivity contribution in [2.75, 3.05) is 46.4 Å². The molecule has 2 aromatic rings. The fraction of sp³-hybridized carbons (Fsp3) is 0.567. The van der Waals surface area contributed by atoms with Crippen LogP contribution in [0.4, 0.5) is 4.79 Å². The Hall–Kier alpha value is -2.57. The van der Waals surface area contributed by atoms with E-state index in [0.29, 0.717) is 12.5 Å². The summed E-state index contributed by atoms with van der Waals surface area (Å²) in [5.74, 6) is 1.59. The summed E-state index contributed by atoms with van der Waals surface area (Å²) >= 11 is 0. The largest absolute Gasteiger partial charge is 0.496 e. The van der Waals surface area contributed by atoms with Gasteiger partial charge in [0.2, 0.25) is 0 Å². The number of hydrogen-bond acceptors (Lipinski definition) is 5. The van der Waals surface area contributed by atoms with E-state index in [-0.39, 0.29) is 6.09 Å². The van der Waals surface area contributed by atoms with Crippen LogP contribution in [0.2, 0.25) is 0 Å². The van der Waals surface area contributed by atoms with E-state index in [2.05, 4.69) is 64.5 Å². The van der Waals surface area contributed by atoms with E-state index in [1.165, 1.54) is 29.5 Å². The highest BCUT2D eigenvalue weighted by atomic mass is 16.6. The van der Waals surface area contributed by atoms with Gasteiger partial charge in [-0.15, -0.1) is 0 Å². The molecule has 0 atom stereocenters. The highest BCUT2D eigenvalue weighted by Crippen LogP contribution is 2.34. The molecular weight excluding hydrogens is 450 g/mol. The number of alkyl carbamates (subject to hydrolysis) is 1. The number of carbonyl (C=O) groups is 1. The summed E-state index contributed by atoms with van der Waals surface area (Å²) in [5, 5.41) is 2.92. The lowest BCUT2D eigenvalue weighted by atomic mass is 9.89. The van der Waals surface area contributed by atoms with Gasteiger partial charge in [0.15, 0.2) is 0 Å². The highest BCUT2D eigenvalue weighted by molar-refractivity contribution is 5.67. The molecule has 1 aliphatic rings. The van der Waals surface area contributed by atoms with Crippen molar-refractivity contribution in [3.8, 4) is 5.75 Å². The van der Waals surface area contributed by atoms with Crippen LogP contribution in [0.25, 0.3) is 0 Å². The molecule has 1 aliphatic heterocycles. The van der Waals surface area contributed by atoms with Gasteiger partial charge in [0, 0.05) is 19.6 Å². The maximum absolute atomic E-state index is 12.1. The first-order valence-electron chi connectivity index (χ1n) is 13.3. The zero-order chi connectivity index (χ0) is 26.0. The highest BCUT2D eigenvalue weighted by Gasteiger charge is 2.23. The SMILES string of the molecule is COc1ccccc1C1CCN(CCCN(CCNC(=O)OC(C)(C)C)Cc2ccccc2C)CC1. The van der Waals surface area contributed by atoms with E-state index >= 15 is 0 Å². The van der Waals surface area contributed by atoms with Crippen LogP contribution in [-0.2, 0) is 11.3 Å². The molecule has 1 heterocycles. The summed E-state index contributed by atoms with van der Waals surface area (Å²) in [4.78, 5) is 17.1. The number of carbonyl (C=O) groups excluding carboxylic acids is 1. The van der Waals surface area contributed by atoms with E-state index in [1.807, 2.05) is 26.8 Å². The summed E-state index contributed by atoms with van der Waals surface area (Å²) in [7, 11) is 1.76. The van der Waals surface area contributed by atoms with E-state index in [9.17, 15) is 4.79 Å². The molecule has 1 amide bonds. The lowest BCUT2D eigenvalue weighted by Crippen LogP contribution is -2.39. The number of methoxy groups -OCH3 is 1. The molecule has 1 N–H and O–H groups in total. The van der Waals surface area contributed by atoms with Crippen molar-refractivity contribution in [1.82, 2.24) is 15.1 Å². The second-order valence-corrected chi connectivity index (χ2v) is 10.8. The smallest absolute Gasteiger partial charge is 0.407 e. The third-order valence-electron chi connectivity index (χ3n) is 6.87.